The zero-order valence-electron chi connectivity index (χ0n) is 14.4. The van der Waals surface area contributed by atoms with Gasteiger partial charge in [-0.1, -0.05) is 24.3 Å². The van der Waals surface area contributed by atoms with Crippen LogP contribution in [0, 0.1) is 5.41 Å². The highest BCUT2D eigenvalue weighted by molar-refractivity contribution is 5.95. The van der Waals surface area contributed by atoms with Crippen LogP contribution in [-0.2, 0) is 11.3 Å². The maximum Gasteiger partial charge on any atom is 0.237 e. The Bertz CT molecular complexity index is 791. The maximum absolute atomic E-state index is 12.3. The molecule has 0 aliphatic carbocycles. The summed E-state index contributed by atoms with van der Waals surface area (Å²) in [7, 11) is 0. The number of rotatable bonds is 6. The van der Waals surface area contributed by atoms with E-state index in [1.807, 2.05) is 30.3 Å². The van der Waals surface area contributed by atoms with Crippen LogP contribution in [0.25, 0.3) is 0 Å². The maximum atomic E-state index is 12.3. The van der Waals surface area contributed by atoms with Crippen LogP contribution in [0.5, 0.6) is 5.75 Å². The van der Waals surface area contributed by atoms with Gasteiger partial charge in [-0.2, -0.15) is 0 Å². The minimum Gasteiger partial charge on any atom is -0.489 e. The standard InChI is InChI=1S/C19H23N5O2/c20-14-6-4-12(5-7-14)10-24-19(25)17-9-16(11-23-17)26-15-3-1-2-13(8-15)18(21)22/h1-8,16-17,23H,9-11,20H2,(H3,21,22)(H,24,25)/t16-,17+/m1/s1. The Morgan fingerprint density at radius 3 is 2.77 bits per heavy atom. The molecule has 1 fully saturated rings. The molecule has 0 saturated carbocycles. The average molecular weight is 353 g/mol. The van der Waals surface area contributed by atoms with Crippen molar-refractivity contribution in [1.29, 1.82) is 5.41 Å². The average Bonchev–Trinajstić information content (AvgIpc) is 3.10. The van der Waals surface area contributed by atoms with Crippen molar-refractivity contribution < 1.29 is 9.53 Å². The smallest absolute Gasteiger partial charge is 0.237 e. The molecule has 1 amide bonds. The quantitative estimate of drug-likeness (QED) is 0.301. The molecule has 2 atom stereocenters. The summed E-state index contributed by atoms with van der Waals surface area (Å²) in [6, 6.07) is 14.2. The number of nitrogens with two attached hydrogens (primary N) is 2. The molecular weight excluding hydrogens is 330 g/mol. The largest absolute Gasteiger partial charge is 0.489 e. The van der Waals surface area contributed by atoms with E-state index in [1.165, 1.54) is 0 Å². The van der Waals surface area contributed by atoms with Gasteiger partial charge in [-0.05, 0) is 29.8 Å². The first kappa shape index (κ1) is 17.8. The Balaban J connectivity index is 1.50. The van der Waals surface area contributed by atoms with Gasteiger partial charge in [0.1, 0.15) is 17.7 Å². The molecule has 136 valence electrons. The van der Waals surface area contributed by atoms with E-state index >= 15 is 0 Å². The number of carbonyl (C=O) groups excluding carboxylic acids is 1. The van der Waals surface area contributed by atoms with Crippen molar-refractivity contribution in [1.82, 2.24) is 10.6 Å². The van der Waals surface area contributed by atoms with Gasteiger partial charge in [0, 0.05) is 30.8 Å². The Hall–Kier alpha value is -3.06. The minimum absolute atomic E-state index is 0.0000746. The molecule has 3 rings (SSSR count). The van der Waals surface area contributed by atoms with E-state index in [9.17, 15) is 4.79 Å². The highest BCUT2D eigenvalue weighted by Gasteiger charge is 2.30. The normalized spacial score (nSPS) is 19.1. The molecule has 0 unspecified atom stereocenters. The van der Waals surface area contributed by atoms with Crippen molar-refractivity contribution in [3.8, 4) is 5.75 Å². The summed E-state index contributed by atoms with van der Waals surface area (Å²) in [6.07, 6.45) is 0.474. The van der Waals surface area contributed by atoms with E-state index < -0.39 is 0 Å². The van der Waals surface area contributed by atoms with Gasteiger partial charge >= 0.3 is 0 Å². The molecule has 1 aliphatic heterocycles. The van der Waals surface area contributed by atoms with E-state index in [-0.39, 0.29) is 23.9 Å². The second kappa shape index (κ2) is 7.88. The molecular formula is C19H23N5O2. The summed E-state index contributed by atoms with van der Waals surface area (Å²) in [5, 5.41) is 13.6. The molecule has 7 N–H and O–H groups in total. The van der Waals surface area contributed by atoms with Crippen LogP contribution in [0.4, 0.5) is 5.69 Å². The zero-order chi connectivity index (χ0) is 18.5. The van der Waals surface area contributed by atoms with Gasteiger partial charge in [0.25, 0.3) is 0 Å². The van der Waals surface area contributed by atoms with E-state index in [2.05, 4.69) is 10.6 Å². The molecule has 26 heavy (non-hydrogen) atoms. The van der Waals surface area contributed by atoms with Crippen molar-refractivity contribution >= 4 is 17.4 Å². The zero-order valence-corrected chi connectivity index (χ0v) is 14.4. The van der Waals surface area contributed by atoms with Gasteiger partial charge in [-0.25, -0.2) is 0 Å². The second-order valence-electron chi connectivity index (χ2n) is 6.34. The third-order valence-corrected chi connectivity index (χ3v) is 4.30. The first-order valence-electron chi connectivity index (χ1n) is 8.48. The van der Waals surface area contributed by atoms with E-state index in [1.54, 1.807) is 18.2 Å². The van der Waals surface area contributed by atoms with Gasteiger partial charge in [0.2, 0.25) is 5.91 Å². The van der Waals surface area contributed by atoms with Crippen LogP contribution in [0.15, 0.2) is 48.5 Å². The number of hydrogen-bond donors (Lipinski definition) is 5. The molecule has 7 nitrogen and oxygen atoms in total. The topological polar surface area (TPSA) is 126 Å². The van der Waals surface area contributed by atoms with Crippen LogP contribution >= 0.6 is 0 Å². The summed E-state index contributed by atoms with van der Waals surface area (Å²) in [5.74, 6) is 0.595. The molecule has 0 bridgehead atoms. The number of nitrogens with one attached hydrogen (secondary N) is 3. The second-order valence-corrected chi connectivity index (χ2v) is 6.34. The van der Waals surface area contributed by atoms with Crippen molar-refractivity contribution in [3.05, 3.63) is 59.7 Å². The van der Waals surface area contributed by atoms with Crippen LogP contribution in [-0.4, -0.2) is 30.4 Å². The first-order chi connectivity index (χ1) is 12.5. The number of carbonyl (C=O) groups is 1. The monoisotopic (exact) mass is 353 g/mol. The third kappa shape index (κ3) is 4.52. The SMILES string of the molecule is N=C(N)c1cccc(O[C@H]2CN[C@H](C(=O)NCc3ccc(N)cc3)C2)c1. The lowest BCUT2D eigenvalue weighted by Gasteiger charge is -2.14. The summed E-state index contributed by atoms with van der Waals surface area (Å²) in [5.41, 5.74) is 13.5. The predicted molar refractivity (Wildman–Crippen MR) is 101 cm³/mol. The van der Waals surface area contributed by atoms with E-state index in [0.29, 0.717) is 36.5 Å². The number of ether oxygens (including phenoxy) is 1. The minimum atomic E-state index is -0.287. The van der Waals surface area contributed by atoms with Crippen LogP contribution in [0.1, 0.15) is 17.5 Å². The van der Waals surface area contributed by atoms with Gasteiger partial charge in [0.05, 0.1) is 6.04 Å². The highest BCUT2D eigenvalue weighted by Crippen LogP contribution is 2.19. The fourth-order valence-corrected chi connectivity index (χ4v) is 2.87. The number of nitrogen functional groups attached to an aromatic ring is 2. The fraction of sp³-hybridized carbons (Fsp3) is 0.263. The Labute approximate surface area is 152 Å². The predicted octanol–water partition coefficient (Wildman–Crippen LogP) is 0.979. The Kier molecular flexibility index (Phi) is 5.38. The van der Waals surface area contributed by atoms with Crippen molar-refractivity contribution in [2.24, 2.45) is 5.73 Å². The van der Waals surface area contributed by atoms with Crippen molar-refractivity contribution in [2.75, 3.05) is 12.3 Å². The lowest BCUT2D eigenvalue weighted by molar-refractivity contribution is -0.123. The first-order valence-corrected chi connectivity index (χ1v) is 8.48. The molecule has 0 radical (unpaired) electrons. The van der Waals surface area contributed by atoms with E-state index in [4.69, 9.17) is 21.6 Å². The highest BCUT2D eigenvalue weighted by atomic mass is 16.5. The van der Waals surface area contributed by atoms with Crippen LogP contribution in [0.3, 0.4) is 0 Å². The summed E-state index contributed by atoms with van der Waals surface area (Å²) in [6.45, 7) is 1.05. The molecule has 7 heteroatoms. The number of amidine groups is 1. The lowest BCUT2D eigenvalue weighted by atomic mass is 10.1. The third-order valence-electron chi connectivity index (χ3n) is 4.30. The molecule has 0 spiro atoms. The fourth-order valence-electron chi connectivity index (χ4n) is 2.87. The Morgan fingerprint density at radius 1 is 1.27 bits per heavy atom. The number of benzene rings is 2. The lowest BCUT2D eigenvalue weighted by Crippen LogP contribution is -2.39. The Morgan fingerprint density at radius 2 is 2.04 bits per heavy atom. The molecule has 1 heterocycles. The summed E-state index contributed by atoms with van der Waals surface area (Å²) < 4.78 is 5.91. The van der Waals surface area contributed by atoms with Gasteiger partial charge in [-0.3, -0.25) is 10.2 Å². The van der Waals surface area contributed by atoms with Crippen molar-refractivity contribution in [2.45, 2.75) is 25.1 Å². The number of hydrogen-bond acceptors (Lipinski definition) is 5. The molecule has 1 aliphatic rings. The van der Waals surface area contributed by atoms with Crippen molar-refractivity contribution in [3.63, 3.8) is 0 Å². The number of amides is 1. The molecule has 1 saturated heterocycles. The van der Waals surface area contributed by atoms with Crippen LogP contribution < -0.4 is 26.8 Å². The van der Waals surface area contributed by atoms with Gasteiger partial charge in [-0.15, -0.1) is 0 Å². The molecule has 2 aromatic carbocycles. The van der Waals surface area contributed by atoms with Gasteiger partial charge < -0.3 is 26.8 Å². The summed E-state index contributed by atoms with van der Waals surface area (Å²) >= 11 is 0. The number of anilines is 1. The van der Waals surface area contributed by atoms with E-state index in [0.717, 1.165) is 5.56 Å². The van der Waals surface area contributed by atoms with Crippen LogP contribution in [0.2, 0.25) is 0 Å². The summed E-state index contributed by atoms with van der Waals surface area (Å²) in [4.78, 5) is 12.3. The molecule has 2 aromatic rings. The van der Waals surface area contributed by atoms with Gasteiger partial charge in [0.15, 0.2) is 0 Å². The molecule has 0 aromatic heterocycles.